The van der Waals surface area contributed by atoms with Crippen molar-refractivity contribution in [2.45, 2.75) is 39.2 Å². The van der Waals surface area contributed by atoms with Crippen LogP contribution in [-0.4, -0.2) is 22.6 Å². The Morgan fingerprint density at radius 3 is 2.47 bits per heavy atom. The summed E-state index contributed by atoms with van der Waals surface area (Å²) < 4.78 is 5.30. The number of carbonyl (C=O) groups excluding carboxylic acids is 1. The molecule has 1 unspecified atom stereocenters. The van der Waals surface area contributed by atoms with Gasteiger partial charge in [0.25, 0.3) is 0 Å². The van der Waals surface area contributed by atoms with Crippen LogP contribution in [0.1, 0.15) is 33.6 Å². The number of allylic oxidation sites excluding steroid dienone is 1. The van der Waals surface area contributed by atoms with Gasteiger partial charge in [0, 0.05) is 0 Å². The molecule has 0 radical (unpaired) electrons. The fourth-order valence-electron chi connectivity index (χ4n) is 1.95. The van der Waals surface area contributed by atoms with Crippen LogP contribution in [0.15, 0.2) is 12.7 Å². The van der Waals surface area contributed by atoms with Crippen molar-refractivity contribution < 1.29 is 19.4 Å². The van der Waals surface area contributed by atoms with E-state index in [1.54, 1.807) is 26.8 Å². The second-order valence-corrected chi connectivity index (χ2v) is 5.51. The van der Waals surface area contributed by atoms with Crippen molar-refractivity contribution in [3.8, 4) is 0 Å². The Morgan fingerprint density at radius 1 is 1.53 bits per heavy atom. The molecule has 0 spiro atoms. The molecule has 1 aliphatic carbocycles. The summed E-state index contributed by atoms with van der Waals surface area (Å²) in [5.41, 5.74) is -0.538. The highest BCUT2D eigenvalue weighted by Gasteiger charge is 2.50. The van der Waals surface area contributed by atoms with Gasteiger partial charge < -0.3 is 9.84 Å². The molecule has 1 fully saturated rings. The minimum atomic E-state index is -0.826. The predicted octanol–water partition coefficient (Wildman–Crippen LogP) is 2.24. The van der Waals surface area contributed by atoms with E-state index >= 15 is 0 Å². The molecule has 17 heavy (non-hydrogen) atoms. The summed E-state index contributed by atoms with van der Waals surface area (Å²) in [6.45, 7) is 9.01. The van der Waals surface area contributed by atoms with Gasteiger partial charge in [-0.2, -0.15) is 0 Å². The molecule has 0 bridgehead atoms. The van der Waals surface area contributed by atoms with Gasteiger partial charge in [-0.15, -0.1) is 6.58 Å². The van der Waals surface area contributed by atoms with Crippen LogP contribution >= 0.6 is 0 Å². The maximum absolute atomic E-state index is 11.9. The Bertz CT molecular complexity index is 327. The van der Waals surface area contributed by atoms with Gasteiger partial charge in [0.15, 0.2) is 0 Å². The summed E-state index contributed by atoms with van der Waals surface area (Å²) in [4.78, 5) is 22.7. The molecule has 4 heteroatoms. The summed E-state index contributed by atoms with van der Waals surface area (Å²) in [6.07, 6.45) is 2.68. The van der Waals surface area contributed by atoms with Crippen LogP contribution in [0.25, 0.3) is 0 Å². The first-order valence-electron chi connectivity index (χ1n) is 5.83. The van der Waals surface area contributed by atoms with E-state index in [2.05, 4.69) is 6.58 Å². The van der Waals surface area contributed by atoms with Gasteiger partial charge in [-0.3, -0.25) is 9.59 Å². The highest BCUT2D eigenvalue weighted by Crippen LogP contribution is 2.46. The van der Waals surface area contributed by atoms with Crippen LogP contribution in [0.3, 0.4) is 0 Å². The smallest absolute Gasteiger partial charge is 0.310 e. The molecule has 0 aromatic heterocycles. The molecule has 1 aliphatic rings. The van der Waals surface area contributed by atoms with Gasteiger partial charge in [-0.05, 0) is 39.5 Å². The zero-order valence-corrected chi connectivity index (χ0v) is 10.6. The van der Waals surface area contributed by atoms with Crippen molar-refractivity contribution in [3.63, 3.8) is 0 Å². The van der Waals surface area contributed by atoms with E-state index in [1.165, 1.54) is 0 Å². The van der Waals surface area contributed by atoms with Gasteiger partial charge in [-0.1, -0.05) is 6.08 Å². The third-order valence-corrected chi connectivity index (χ3v) is 2.80. The monoisotopic (exact) mass is 240 g/mol. The van der Waals surface area contributed by atoms with Crippen molar-refractivity contribution in [2.75, 3.05) is 0 Å². The van der Waals surface area contributed by atoms with E-state index in [9.17, 15) is 9.59 Å². The van der Waals surface area contributed by atoms with E-state index in [-0.39, 0.29) is 17.8 Å². The van der Waals surface area contributed by atoms with E-state index < -0.39 is 17.5 Å². The number of carboxylic acid groups (broad SMARTS) is 1. The molecule has 1 saturated carbocycles. The summed E-state index contributed by atoms with van der Waals surface area (Å²) in [7, 11) is 0. The van der Waals surface area contributed by atoms with E-state index in [1.807, 2.05) is 0 Å². The molecule has 0 amide bonds. The van der Waals surface area contributed by atoms with Crippen molar-refractivity contribution in [2.24, 2.45) is 17.8 Å². The summed E-state index contributed by atoms with van der Waals surface area (Å²) in [5.74, 6) is -2.00. The Labute approximate surface area is 102 Å². The van der Waals surface area contributed by atoms with Gasteiger partial charge in [-0.25, -0.2) is 0 Å². The lowest BCUT2D eigenvalue weighted by Crippen LogP contribution is -2.30. The van der Waals surface area contributed by atoms with Gasteiger partial charge in [0.1, 0.15) is 5.60 Å². The zero-order chi connectivity index (χ0) is 13.2. The third-order valence-electron chi connectivity index (χ3n) is 2.80. The molecule has 4 nitrogen and oxygen atoms in total. The Kier molecular flexibility index (Phi) is 3.96. The molecule has 0 aliphatic heterocycles. The lowest BCUT2D eigenvalue weighted by atomic mass is 9.98. The number of esters is 1. The molecule has 1 rings (SSSR count). The van der Waals surface area contributed by atoms with Crippen LogP contribution in [0.4, 0.5) is 0 Å². The van der Waals surface area contributed by atoms with Crippen molar-refractivity contribution >= 4 is 11.9 Å². The minimum Gasteiger partial charge on any atom is -0.481 e. The molecular weight excluding hydrogens is 220 g/mol. The normalized spacial score (nSPS) is 24.9. The number of hydrogen-bond donors (Lipinski definition) is 1. The Hall–Kier alpha value is -1.32. The molecule has 1 N–H and O–H groups in total. The SMILES string of the molecule is C=CC[C@@H](C(=O)OC(C)(C)C)[C@@H]1CC1C(=O)O. The standard InChI is InChI=1S/C13H20O4/c1-5-6-8(9-7-10(9)11(14)15)12(16)17-13(2,3)4/h5,8-10H,1,6-7H2,2-4H3,(H,14,15)/t8-,9+,10?/m1/s1. The average molecular weight is 240 g/mol. The summed E-state index contributed by atoms with van der Waals surface area (Å²) >= 11 is 0. The summed E-state index contributed by atoms with van der Waals surface area (Å²) in [6, 6.07) is 0. The highest BCUT2D eigenvalue weighted by molar-refractivity contribution is 5.79. The third kappa shape index (κ3) is 3.88. The molecule has 0 aromatic rings. The second kappa shape index (κ2) is 4.90. The number of carbonyl (C=O) groups is 2. The van der Waals surface area contributed by atoms with E-state index in [0.29, 0.717) is 12.8 Å². The zero-order valence-electron chi connectivity index (χ0n) is 10.6. The van der Waals surface area contributed by atoms with E-state index in [0.717, 1.165) is 0 Å². The van der Waals surface area contributed by atoms with Gasteiger partial charge >= 0.3 is 11.9 Å². The van der Waals surface area contributed by atoms with E-state index in [4.69, 9.17) is 9.84 Å². The average Bonchev–Trinajstić information content (AvgIpc) is 2.90. The first-order chi connectivity index (χ1) is 7.76. The van der Waals surface area contributed by atoms with Crippen LogP contribution in [-0.2, 0) is 14.3 Å². The fraction of sp³-hybridized carbons (Fsp3) is 0.692. The Morgan fingerprint density at radius 2 is 2.12 bits per heavy atom. The van der Waals surface area contributed by atoms with Gasteiger partial charge in [0.2, 0.25) is 0 Å². The largest absolute Gasteiger partial charge is 0.481 e. The van der Waals surface area contributed by atoms with Crippen molar-refractivity contribution in [1.82, 2.24) is 0 Å². The maximum atomic E-state index is 11.9. The topological polar surface area (TPSA) is 63.6 Å². The number of rotatable bonds is 5. The fourth-order valence-corrected chi connectivity index (χ4v) is 1.95. The molecular formula is C13H20O4. The van der Waals surface area contributed by atoms with Gasteiger partial charge in [0.05, 0.1) is 11.8 Å². The van der Waals surface area contributed by atoms with Crippen LogP contribution < -0.4 is 0 Å². The van der Waals surface area contributed by atoms with Crippen LogP contribution in [0.2, 0.25) is 0 Å². The predicted molar refractivity (Wildman–Crippen MR) is 63.4 cm³/mol. The maximum Gasteiger partial charge on any atom is 0.310 e. The molecule has 0 aromatic carbocycles. The molecule has 3 atom stereocenters. The number of carboxylic acids is 1. The second-order valence-electron chi connectivity index (χ2n) is 5.51. The number of aliphatic carboxylic acids is 1. The first kappa shape index (κ1) is 13.7. The first-order valence-corrected chi connectivity index (χ1v) is 5.83. The van der Waals surface area contributed by atoms with Crippen molar-refractivity contribution in [3.05, 3.63) is 12.7 Å². The number of ether oxygens (including phenoxy) is 1. The van der Waals surface area contributed by atoms with Crippen molar-refractivity contribution in [1.29, 1.82) is 0 Å². The highest BCUT2D eigenvalue weighted by atomic mass is 16.6. The Balaban J connectivity index is 2.64. The quantitative estimate of drug-likeness (QED) is 0.591. The lowest BCUT2D eigenvalue weighted by Gasteiger charge is -2.23. The lowest BCUT2D eigenvalue weighted by molar-refractivity contribution is -0.160. The molecule has 96 valence electrons. The minimum absolute atomic E-state index is 0.0969. The molecule has 0 saturated heterocycles. The summed E-state index contributed by atoms with van der Waals surface area (Å²) in [5, 5.41) is 8.88. The molecule has 0 heterocycles. The van der Waals surface area contributed by atoms with Crippen LogP contribution in [0.5, 0.6) is 0 Å². The number of hydrogen-bond acceptors (Lipinski definition) is 3. The van der Waals surface area contributed by atoms with Crippen LogP contribution in [0, 0.1) is 17.8 Å².